The van der Waals surface area contributed by atoms with E-state index < -0.39 is 0 Å². The van der Waals surface area contributed by atoms with Gasteiger partial charge in [0, 0.05) is 6.04 Å². The van der Waals surface area contributed by atoms with E-state index in [4.69, 9.17) is 12.2 Å². The zero-order valence-corrected chi connectivity index (χ0v) is 12.5. The minimum atomic E-state index is 0.447. The monoisotopic (exact) mass is 262 g/mol. The van der Waals surface area contributed by atoms with E-state index in [1.165, 1.54) is 23.9 Å². The Hall–Kier alpha value is -1.09. The van der Waals surface area contributed by atoms with Gasteiger partial charge in [-0.2, -0.15) is 0 Å². The summed E-state index contributed by atoms with van der Waals surface area (Å²) in [5.74, 6) is 0.676. The number of fused-ring (bicyclic) bond motifs is 1. The van der Waals surface area contributed by atoms with Crippen molar-refractivity contribution in [1.29, 1.82) is 0 Å². The number of hydrogen-bond acceptors (Lipinski definition) is 1. The molecule has 98 valence electrons. The fourth-order valence-corrected chi connectivity index (χ4v) is 3.29. The maximum atomic E-state index is 5.51. The minimum absolute atomic E-state index is 0.447. The molecule has 0 radical (unpaired) electrons. The standard InChI is InChI=1S/C15H22N2S/c1-5-12(6-2)11(4)17-14-10(3)8-7-9-13(14)16-15(17)18/h7-9,11-12H,5-6H2,1-4H3,(H,16,18). The summed E-state index contributed by atoms with van der Waals surface area (Å²) in [5, 5.41) is 0. The molecule has 0 amide bonds. The van der Waals surface area contributed by atoms with E-state index >= 15 is 0 Å². The lowest BCUT2D eigenvalue weighted by Gasteiger charge is -2.24. The molecule has 0 fully saturated rings. The summed E-state index contributed by atoms with van der Waals surface area (Å²) >= 11 is 5.51. The summed E-state index contributed by atoms with van der Waals surface area (Å²) in [7, 11) is 0. The third-order valence-electron chi connectivity index (χ3n) is 4.08. The van der Waals surface area contributed by atoms with Crippen molar-refractivity contribution in [2.75, 3.05) is 0 Å². The van der Waals surface area contributed by atoms with Crippen LogP contribution in [0.3, 0.4) is 0 Å². The predicted molar refractivity (Wildman–Crippen MR) is 80.6 cm³/mol. The van der Waals surface area contributed by atoms with Crippen LogP contribution in [0.25, 0.3) is 11.0 Å². The van der Waals surface area contributed by atoms with E-state index in [0.29, 0.717) is 12.0 Å². The molecule has 0 aliphatic rings. The lowest BCUT2D eigenvalue weighted by molar-refractivity contribution is 0.337. The Morgan fingerprint density at radius 2 is 1.94 bits per heavy atom. The average molecular weight is 262 g/mol. The van der Waals surface area contributed by atoms with Gasteiger partial charge in [-0.3, -0.25) is 0 Å². The molecule has 0 aliphatic carbocycles. The third-order valence-corrected chi connectivity index (χ3v) is 4.38. The summed E-state index contributed by atoms with van der Waals surface area (Å²) in [4.78, 5) is 3.33. The molecule has 0 saturated heterocycles. The number of aromatic nitrogens is 2. The van der Waals surface area contributed by atoms with Gasteiger partial charge in [-0.05, 0) is 43.6 Å². The molecule has 0 aliphatic heterocycles. The number of H-pyrrole nitrogens is 1. The van der Waals surface area contributed by atoms with Gasteiger partial charge in [0.2, 0.25) is 0 Å². The Labute approximate surface area is 114 Å². The van der Waals surface area contributed by atoms with E-state index in [0.717, 1.165) is 10.3 Å². The summed E-state index contributed by atoms with van der Waals surface area (Å²) in [6.45, 7) is 8.96. The molecule has 1 unspecified atom stereocenters. The number of benzene rings is 1. The van der Waals surface area contributed by atoms with Gasteiger partial charge in [0.15, 0.2) is 4.77 Å². The first-order chi connectivity index (χ1) is 8.60. The second kappa shape index (κ2) is 5.27. The zero-order valence-electron chi connectivity index (χ0n) is 11.7. The van der Waals surface area contributed by atoms with E-state index in [2.05, 4.69) is 55.4 Å². The van der Waals surface area contributed by atoms with Crippen molar-refractivity contribution in [3.8, 4) is 0 Å². The van der Waals surface area contributed by atoms with E-state index in [-0.39, 0.29) is 0 Å². The Morgan fingerprint density at radius 1 is 1.28 bits per heavy atom. The van der Waals surface area contributed by atoms with Crippen molar-refractivity contribution >= 4 is 23.3 Å². The van der Waals surface area contributed by atoms with Crippen molar-refractivity contribution in [3.63, 3.8) is 0 Å². The van der Waals surface area contributed by atoms with Crippen LogP contribution in [0.4, 0.5) is 0 Å². The van der Waals surface area contributed by atoms with Crippen molar-refractivity contribution in [2.45, 2.75) is 46.6 Å². The van der Waals surface area contributed by atoms with Crippen LogP contribution in [0.2, 0.25) is 0 Å². The van der Waals surface area contributed by atoms with Crippen molar-refractivity contribution < 1.29 is 0 Å². The zero-order chi connectivity index (χ0) is 13.3. The molecule has 2 aromatic rings. The third kappa shape index (κ3) is 2.12. The van der Waals surface area contributed by atoms with E-state index in [1.54, 1.807) is 0 Å². The van der Waals surface area contributed by atoms with Crippen molar-refractivity contribution in [1.82, 2.24) is 9.55 Å². The Balaban J connectivity index is 2.63. The predicted octanol–water partition coefficient (Wildman–Crippen LogP) is 5.00. The number of nitrogens with zero attached hydrogens (tertiary/aromatic N) is 1. The molecule has 0 spiro atoms. The van der Waals surface area contributed by atoms with Crippen LogP contribution in [0.1, 0.15) is 45.2 Å². The van der Waals surface area contributed by atoms with E-state index in [1.807, 2.05) is 0 Å². The van der Waals surface area contributed by atoms with E-state index in [9.17, 15) is 0 Å². The van der Waals surface area contributed by atoms with Crippen LogP contribution in [0.15, 0.2) is 18.2 Å². The highest BCUT2D eigenvalue weighted by Crippen LogP contribution is 2.29. The minimum Gasteiger partial charge on any atom is -0.331 e. The molecular formula is C15H22N2S. The van der Waals surface area contributed by atoms with Gasteiger partial charge in [0.25, 0.3) is 0 Å². The second-order valence-electron chi connectivity index (χ2n) is 5.09. The molecule has 2 rings (SSSR count). The van der Waals surface area contributed by atoms with Crippen LogP contribution in [0.5, 0.6) is 0 Å². The normalized spacial score (nSPS) is 13.4. The fraction of sp³-hybridized carbons (Fsp3) is 0.533. The molecule has 0 bridgehead atoms. The SMILES string of the molecule is CCC(CC)C(C)n1c(=S)[nH]c2cccc(C)c21. The molecule has 0 saturated carbocycles. The van der Waals surface area contributed by atoms with Gasteiger partial charge in [-0.15, -0.1) is 0 Å². The molecule has 1 heterocycles. The Bertz CT molecular complexity index is 590. The number of para-hydroxylation sites is 1. The summed E-state index contributed by atoms with van der Waals surface area (Å²) in [6, 6.07) is 6.78. The first-order valence-electron chi connectivity index (χ1n) is 6.79. The smallest absolute Gasteiger partial charge is 0.178 e. The van der Waals surface area contributed by atoms with Crippen LogP contribution in [-0.4, -0.2) is 9.55 Å². The first kappa shape index (κ1) is 13.3. The van der Waals surface area contributed by atoms with Crippen LogP contribution < -0.4 is 0 Å². The number of rotatable bonds is 4. The average Bonchev–Trinajstić information content (AvgIpc) is 2.68. The largest absolute Gasteiger partial charge is 0.331 e. The number of nitrogens with one attached hydrogen (secondary N) is 1. The molecule has 3 heteroatoms. The quantitative estimate of drug-likeness (QED) is 0.769. The summed E-state index contributed by atoms with van der Waals surface area (Å²) in [6.07, 6.45) is 2.38. The summed E-state index contributed by atoms with van der Waals surface area (Å²) in [5.41, 5.74) is 3.71. The van der Waals surface area contributed by atoms with Crippen LogP contribution >= 0.6 is 12.2 Å². The van der Waals surface area contributed by atoms with Crippen LogP contribution in [-0.2, 0) is 0 Å². The van der Waals surface area contributed by atoms with Gasteiger partial charge in [-0.25, -0.2) is 0 Å². The van der Waals surface area contributed by atoms with Crippen LogP contribution in [0, 0.1) is 17.6 Å². The van der Waals surface area contributed by atoms with Gasteiger partial charge in [0.05, 0.1) is 11.0 Å². The molecule has 1 atom stereocenters. The maximum Gasteiger partial charge on any atom is 0.178 e. The van der Waals surface area contributed by atoms with Gasteiger partial charge in [-0.1, -0.05) is 38.8 Å². The molecule has 1 aromatic carbocycles. The number of aromatic amines is 1. The molecule has 18 heavy (non-hydrogen) atoms. The number of aryl methyl sites for hydroxylation is 1. The van der Waals surface area contributed by atoms with Gasteiger partial charge < -0.3 is 9.55 Å². The fourth-order valence-electron chi connectivity index (χ4n) is 2.93. The second-order valence-corrected chi connectivity index (χ2v) is 5.48. The Kier molecular flexibility index (Phi) is 3.91. The van der Waals surface area contributed by atoms with Crippen molar-refractivity contribution in [3.05, 3.63) is 28.5 Å². The molecule has 2 nitrogen and oxygen atoms in total. The topological polar surface area (TPSA) is 20.7 Å². The number of hydrogen-bond donors (Lipinski definition) is 1. The highest BCUT2D eigenvalue weighted by molar-refractivity contribution is 7.71. The Morgan fingerprint density at radius 3 is 2.56 bits per heavy atom. The highest BCUT2D eigenvalue weighted by Gasteiger charge is 2.19. The molecular weight excluding hydrogens is 240 g/mol. The highest BCUT2D eigenvalue weighted by atomic mass is 32.1. The first-order valence-corrected chi connectivity index (χ1v) is 7.20. The van der Waals surface area contributed by atoms with Crippen molar-refractivity contribution in [2.24, 2.45) is 5.92 Å². The van der Waals surface area contributed by atoms with Gasteiger partial charge >= 0.3 is 0 Å². The number of imidazole rings is 1. The van der Waals surface area contributed by atoms with Gasteiger partial charge in [0.1, 0.15) is 0 Å². The lowest BCUT2D eigenvalue weighted by atomic mass is 9.95. The molecule has 1 N–H and O–H groups in total. The summed E-state index contributed by atoms with van der Waals surface area (Å²) < 4.78 is 3.15. The molecule has 1 aromatic heterocycles. The lowest BCUT2D eigenvalue weighted by Crippen LogP contribution is -2.16. The maximum absolute atomic E-state index is 5.51.